The lowest BCUT2D eigenvalue weighted by molar-refractivity contribution is 0.0650. The number of thioether (sulfide) groups is 1. The number of amides is 1. The first-order valence-electron chi connectivity index (χ1n) is 3.98. The molecule has 2 heterocycles. The van der Waals surface area contributed by atoms with Crippen LogP contribution in [-0.4, -0.2) is 40.3 Å². The Labute approximate surface area is 84.3 Å². The van der Waals surface area contributed by atoms with Crippen molar-refractivity contribution in [2.45, 2.75) is 10.8 Å². The number of likely N-dealkylation sites (tertiary alicyclic amines) is 1. The maximum atomic E-state index is 11.6. The van der Waals surface area contributed by atoms with Gasteiger partial charge in [-0.3, -0.25) is 4.79 Å². The van der Waals surface area contributed by atoms with E-state index < -0.39 is 0 Å². The molecule has 0 aliphatic carbocycles. The van der Waals surface area contributed by atoms with Crippen molar-refractivity contribution in [3.8, 4) is 0 Å². The summed E-state index contributed by atoms with van der Waals surface area (Å²) < 4.78 is 0.851. The van der Waals surface area contributed by atoms with Gasteiger partial charge in [0.05, 0.1) is 0 Å². The summed E-state index contributed by atoms with van der Waals surface area (Å²) in [6, 6.07) is 0. The fraction of sp³-hybridized carbons (Fsp3) is 0.571. The van der Waals surface area contributed by atoms with E-state index in [1.165, 1.54) is 23.1 Å². The molecule has 1 aliphatic heterocycles. The summed E-state index contributed by atoms with van der Waals surface area (Å²) in [5.74, 6) is 0.0315. The van der Waals surface area contributed by atoms with Gasteiger partial charge in [-0.15, -0.1) is 10.2 Å². The minimum Gasteiger partial charge on any atom is -0.336 e. The van der Waals surface area contributed by atoms with Gasteiger partial charge in [0.25, 0.3) is 5.91 Å². The Morgan fingerprint density at radius 2 is 2.31 bits per heavy atom. The number of carbonyl (C=O) groups is 1. The van der Waals surface area contributed by atoms with E-state index in [1.807, 2.05) is 6.26 Å². The molecule has 1 fully saturated rings. The van der Waals surface area contributed by atoms with Crippen LogP contribution in [0.2, 0.25) is 0 Å². The van der Waals surface area contributed by atoms with E-state index in [0.29, 0.717) is 5.01 Å². The van der Waals surface area contributed by atoms with Gasteiger partial charge in [-0.1, -0.05) is 23.1 Å². The molecular weight excluding hydrogens is 206 g/mol. The predicted molar refractivity (Wildman–Crippen MR) is 52.2 cm³/mol. The highest BCUT2D eigenvalue weighted by molar-refractivity contribution is 8.00. The Bertz CT molecular complexity index is 321. The zero-order chi connectivity index (χ0) is 9.26. The Morgan fingerprint density at radius 3 is 2.77 bits per heavy atom. The standard InChI is InChI=1S/C7H9N3OS2/c1-12-7-9-8-5(13-7)6(11)10-3-2-4-10/h2-4H2,1H3. The van der Waals surface area contributed by atoms with Crippen LogP contribution in [0.1, 0.15) is 16.2 Å². The van der Waals surface area contributed by atoms with Gasteiger partial charge in [-0.25, -0.2) is 0 Å². The Morgan fingerprint density at radius 1 is 1.54 bits per heavy atom. The SMILES string of the molecule is CSc1nnc(C(=O)N2CCC2)s1. The molecule has 2 rings (SSSR count). The quantitative estimate of drug-likeness (QED) is 0.693. The summed E-state index contributed by atoms with van der Waals surface area (Å²) >= 11 is 2.89. The van der Waals surface area contributed by atoms with Crippen LogP contribution in [0, 0.1) is 0 Å². The average Bonchev–Trinajstić information content (AvgIpc) is 2.48. The highest BCUT2D eigenvalue weighted by Gasteiger charge is 2.24. The monoisotopic (exact) mass is 215 g/mol. The van der Waals surface area contributed by atoms with Crippen molar-refractivity contribution in [2.75, 3.05) is 19.3 Å². The van der Waals surface area contributed by atoms with Gasteiger partial charge in [0.2, 0.25) is 5.01 Å². The fourth-order valence-corrected chi connectivity index (χ4v) is 2.27. The van der Waals surface area contributed by atoms with E-state index in [-0.39, 0.29) is 5.91 Å². The molecule has 6 heteroatoms. The van der Waals surface area contributed by atoms with Crippen LogP contribution >= 0.6 is 23.1 Å². The molecule has 0 saturated carbocycles. The molecule has 1 saturated heterocycles. The lowest BCUT2D eigenvalue weighted by atomic mass is 10.2. The minimum absolute atomic E-state index is 0.0315. The number of aromatic nitrogens is 2. The number of rotatable bonds is 2. The van der Waals surface area contributed by atoms with Gasteiger partial charge < -0.3 is 4.90 Å². The van der Waals surface area contributed by atoms with Crippen molar-refractivity contribution in [3.05, 3.63) is 5.01 Å². The Hall–Kier alpha value is -0.620. The third kappa shape index (κ3) is 1.68. The molecule has 0 bridgehead atoms. The predicted octanol–water partition coefficient (Wildman–Crippen LogP) is 1.11. The second-order valence-electron chi connectivity index (χ2n) is 2.72. The molecule has 0 aromatic carbocycles. The summed E-state index contributed by atoms with van der Waals surface area (Å²) in [7, 11) is 0. The average molecular weight is 215 g/mol. The summed E-state index contributed by atoms with van der Waals surface area (Å²) in [4.78, 5) is 13.4. The molecule has 1 aliphatic rings. The maximum absolute atomic E-state index is 11.6. The van der Waals surface area contributed by atoms with Gasteiger partial charge in [0.1, 0.15) is 0 Å². The fourth-order valence-electron chi connectivity index (χ4n) is 1.03. The number of nitrogens with zero attached hydrogens (tertiary/aromatic N) is 3. The molecule has 1 amide bonds. The Kier molecular flexibility index (Phi) is 2.50. The van der Waals surface area contributed by atoms with Gasteiger partial charge in [0, 0.05) is 13.1 Å². The second-order valence-corrected chi connectivity index (χ2v) is 4.75. The van der Waals surface area contributed by atoms with E-state index in [4.69, 9.17) is 0 Å². The molecule has 13 heavy (non-hydrogen) atoms. The topological polar surface area (TPSA) is 46.1 Å². The number of hydrogen-bond donors (Lipinski definition) is 0. The lowest BCUT2D eigenvalue weighted by Gasteiger charge is -2.29. The molecule has 0 N–H and O–H groups in total. The molecular formula is C7H9N3OS2. The van der Waals surface area contributed by atoms with E-state index in [9.17, 15) is 4.79 Å². The van der Waals surface area contributed by atoms with Crippen molar-refractivity contribution >= 4 is 29.0 Å². The van der Waals surface area contributed by atoms with E-state index >= 15 is 0 Å². The van der Waals surface area contributed by atoms with Gasteiger partial charge in [-0.2, -0.15) is 0 Å². The summed E-state index contributed by atoms with van der Waals surface area (Å²) in [5.41, 5.74) is 0. The first-order chi connectivity index (χ1) is 6.31. The molecule has 0 radical (unpaired) electrons. The zero-order valence-electron chi connectivity index (χ0n) is 7.19. The summed E-state index contributed by atoms with van der Waals surface area (Å²) in [5, 5.41) is 8.24. The maximum Gasteiger partial charge on any atom is 0.284 e. The molecule has 70 valence electrons. The molecule has 0 spiro atoms. The third-order valence-electron chi connectivity index (χ3n) is 1.91. The third-order valence-corrected chi connectivity index (χ3v) is 3.79. The van der Waals surface area contributed by atoms with Crippen LogP contribution in [0.3, 0.4) is 0 Å². The van der Waals surface area contributed by atoms with Crippen LogP contribution in [0.15, 0.2) is 4.34 Å². The zero-order valence-corrected chi connectivity index (χ0v) is 8.82. The highest BCUT2D eigenvalue weighted by atomic mass is 32.2. The molecule has 4 nitrogen and oxygen atoms in total. The summed E-state index contributed by atoms with van der Waals surface area (Å²) in [6.07, 6.45) is 3.04. The molecule has 0 unspecified atom stereocenters. The normalized spacial score (nSPS) is 15.6. The summed E-state index contributed by atoms with van der Waals surface area (Å²) in [6.45, 7) is 1.74. The van der Waals surface area contributed by atoms with Crippen molar-refractivity contribution in [1.82, 2.24) is 15.1 Å². The van der Waals surface area contributed by atoms with Crippen LogP contribution in [0.5, 0.6) is 0 Å². The van der Waals surface area contributed by atoms with Gasteiger partial charge in [-0.05, 0) is 12.7 Å². The molecule has 1 aromatic heterocycles. The van der Waals surface area contributed by atoms with Crippen LogP contribution in [0.4, 0.5) is 0 Å². The lowest BCUT2D eigenvalue weighted by Crippen LogP contribution is -2.41. The largest absolute Gasteiger partial charge is 0.336 e. The van der Waals surface area contributed by atoms with Gasteiger partial charge >= 0.3 is 0 Å². The highest BCUT2D eigenvalue weighted by Crippen LogP contribution is 2.21. The first-order valence-corrected chi connectivity index (χ1v) is 6.02. The number of carbonyl (C=O) groups excluding carboxylic acids is 1. The van der Waals surface area contributed by atoms with Crippen LogP contribution in [-0.2, 0) is 0 Å². The van der Waals surface area contributed by atoms with E-state index in [1.54, 1.807) is 4.90 Å². The van der Waals surface area contributed by atoms with Crippen LogP contribution < -0.4 is 0 Å². The number of hydrogen-bond acceptors (Lipinski definition) is 5. The van der Waals surface area contributed by atoms with Crippen molar-refractivity contribution in [2.24, 2.45) is 0 Å². The first kappa shape index (κ1) is 8.96. The smallest absolute Gasteiger partial charge is 0.284 e. The van der Waals surface area contributed by atoms with Gasteiger partial charge in [0.15, 0.2) is 4.34 Å². The van der Waals surface area contributed by atoms with Crippen molar-refractivity contribution in [3.63, 3.8) is 0 Å². The van der Waals surface area contributed by atoms with E-state index in [2.05, 4.69) is 10.2 Å². The van der Waals surface area contributed by atoms with Crippen LogP contribution in [0.25, 0.3) is 0 Å². The Balaban J connectivity index is 2.10. The van der Waals surface area contributed by atoms with Crippen molar-refractivity contribution in [1.29, 1.82) is 0 Å². The van der Waals surface area contributed by atoms with Crippen molar-refractivity contribution < 1.29 is 4.79 Å². The van der Waals surface area contributed by atoms with E-state index in [0.717, 1.165) is 23.8 Å². The molecule has 1 aromatic rings. The molecule has 0 atom stereocenters. The second kappa shape index (κ2) is 3.63. The minimum atomic E-state index is 0.0315.